The lowest BCUT2D eigenvalue weighted by atomic mass is 9.25. The molecule has 0 heteroatoms. The summed E-state index contributed by atoms with van der Waals surface area (Å²) >= 11 is 0. The van der Waals surface area contributed by atoms with E-state index in [0.29, 0.717) is 23.7 Å². The topological polar surface area (TPSA) is 0 Å². The molecule has 45 heavy (non-hydrogen) atoms. The van der Waals surface area contributed by atoms with Crippen LogP contribution in [0.3, 0.4) is 0 Å². The Labute approximate surface area is 289 Å². The van der Waals surface area contributed by atoms with Gasteiger partial charge in [-0.15, -0.1) is 0 Å². The van der Waals surface area contributed by atoms with Crippen LogP contribution in [0.1, 0.15) is 228 Å². The first-order valence-electron chi connectivity index (χ1n) is 20.6. The van der Waals surface area contributed by atoms with Crippen LogP contribution >= 0.6 is 0 Å². The third-order valence-electron chi connectivity index (χ3n) is 13.8. The standard InChI is InChI=1S/C45H91/c1-20-26-28-33-44(38(13)23-4,40(14,15)16)45(42(19,25-6)31-22-3,39(30-29-35(7)8)41(17,18)24-5)43(37(11)12,32-27-21-2)34-36(9)10/h35-38H,20-34H2,1-19H3. The molecule has 0 aromatic carbocycles. The lowest BCUT2D eigenvalue weighted by molar-refractivity contribution is -0.268. The Balaban J connectivity index is 9.55. The molecule has 0 saturated heterocycles. The molecule has 0 nitrogen and oxygen atoms in total. The van der Waals surface area contributed by atoms with E-state index in [2.05, 4.69) is 132 Å². The third kappa shape index (κ3) is 8.97. The summed E-state index contributed by atoms with van der Waals surface area (Å²) in [6.07, 6.45) is 19.7. The van der Waals surface area contributed by atoms with Crippen LogP contribution in [0.4, 0.5) is 0 Å². The molecular weight excluding hydrogens is 540 g/mol. The van der Waals surface area contributed by atoms with Crippen molar-refractivity contribution < 1.29 is 0 Å². The Morgan fingerprint density at radius 2 is 1.13 bits per heavy atom. The normalized spacial score (nSPS) is 19.5. The zero-order valence-electron chi connectivity index (χ0n) is 35.4. The van der Waals surface area contributed by atoms with Gasteiger partial charge in [0.1, 0.15) is 0 Å². The van der Waals surface area contributed by atoms with Crippen LogP contribution < -0.4 is 0 Å². The second kappa shape index (κ2) is 18.7. The first-order chi connectivity index (χ1) is 20.7. The quantitative estimate of drug-likeness (QED) is 0.0930. The highest BCUT2D eigenvalue weighted by atomic mass is 14.8. The van der Waals surface area contributed by atoms with Crippen molar-refractivity contribution in [1.29, 1.82) is 0 Å². The molecule has 0 fully saturated rings. The Morgan fingerprint density at radius 1 is 0.578 bits per heavy atom. The van der Waals surface area contributed by atoms with Crippen molar-refractivity contribution in [2.75, 3.05) is 0 Å². The van der Waals surface area contributed by atoms with Gasteiger partial charge in [0.25, 0.3) is 0 Å². The molecular formula is C45H91. The lowest BCUT2D eigenvalue weighted by Crippen LogP contribution is -2.72. The van der Waals surface area contributed by atoms with Crippen molar-refractivity contribution in [2.45, 2.75) is 228 Å². The molecule has 5 unspecified atom stereocenters. The van der Waals surface area contributed by atoms with Crippen molar-refractivity contribution >= 4 is 0 Å². The van der Waals surface area contributed by atoms with Crippen molar-refractivity contribution in [3.63, 3.8) is 0 Å². The highest BCUT2D eigenvalue weighted by Gasteiger charge is 2.75. The molecule has 0 rings (SSSR count). The van der Waals surface area contributed by atoms with Crippen molar-refractivity contribution in [1.82, 2.24) is 0 Å². The van der Waals surface area contributed by atoms with Gasteiger partial charge in [-0.25, -0.2) is 0 Å². The largest absolute Gasteiger partial charge is 0.0654 e. The zero-order chi connectivity index (χ0) is 35.5. The van der Waals surface area contributed by atoms with Crippen LogP contribution in [0.5, 0.6) is 0 Å². The summed E-state index contributed by atoms with van der Waals surface area (Å²) in [5.41, 5.74) is 1.04. The molecule has 0 saturated carbocycles. The van der Waals surface area contributed by atoms with Gasteiger partial charge in [0, 0.05) is 0 Å². The van der Waals surface area contributed by atoms with Gasteiger partial charge in [-0.2, -0.15) is 0 Å². The van der Waals surface area contributed by atoms with Gasteiger partial charge in [0.2, 0.25) is 0 Å². The van der Waals surface area contributed by atoms with Crippen LogP contribution in [-0.4, -0.2) is 0 Å². The molecule has 0 amide bonds. The molecule has 5 atom stereocenters. The van der Waals surface area contributed by atoms with Crippen molar-refractivity contribution in [3.8, 4) is 0 Å². The number of unbranched alkanes of at least 4 members (excludes halogenated alkanes) is 3. The van der Waals surface area contributed by atoms with Crippen LogP contribution in [0, 0.1) is 62.1 Å². The van der Waals surface area contributed by atoms with Crippen molar-refractivity contribution in [2.24, 2.45) is 56.2 Å². The Bertz CT molecular complexity index is 778. The van der Waals surface area contributed by atoms with Gasteiger partial charge in [-0.1, -0.05) is 196 Å². The Kier molecular flexibility index (Phi) is 18.7. The average Bonchev–Trinajstić information content (AvgIpc) is 2.94. The van der Waals surface area contributed by atoms with E-state index in [0.717, 1.165) is 0 Å². The molecule has 0 heterocycles. The van der Waals surface area contributed by atoms with Crippen LogP contribution in [0.15, 0.2) is 0 Å². The molecule has 0 aliphatic heterocycles. The molecule has 0 aromatic rings. The van der Waals surface area contributed by atoms with Crippen molar-refractivity contribution in [3.05, 3.63) is 5.92 Å². The van der Waals surface area contributed by atoms with Gasteiger partial charge in [-0.3, -0.25) is 0 Å². The maximum Gasteiger partial charge on any atom is -0.00535 e. The summed E-state index contributed by atoms with van der Waals surface area (Å²) in [7, 11) is 0. The van der Waals surface area contributed by atoms with E-state index < -0.39 is 0 Å². The highest BCUT2D eigenvalue weighted by Crippen LogP contribution is 2.82. The summed E-state index contributed by atoms with van der Waals surface area (Å²) in [4.78, 5) is 0. The van der Waals surface area contributed by atoms with Gasteiger partial charge < -0.3 is 0 Å². The monoisotopic (exact) mass is 632 g/mol. The van der Waals surface area contributed by atoms with Crippen LogP contribution in [-0.2, 0) is 0 Å². The Hall–Kier alpha value is 0. The maximum atomic E-state index is 2.85. The third-order valence-corrected chi connectivity index (χ3v) is 13.8. The predicted molar refractivity (Wildman–Crippen MR) is 209 cm³/mol. The van der Waals surface area contributed by atoms with E-state index in [1.54, 1.807) is 0 Å². The fourth-order valence-electron chi connectivity index (χ4n) is 11.5. The molecule has 0 aliphatic carbocycles. The number of hydrogen-bond donors (Lipinski definition) is 0. The minimum absolute atomic E-state index is 0.0984. The second-order valence-electron chi connectivity index (χ2n) is 19.1. The summed E-state index contributed by atoms with van der Waals surface area (Å²) in [5, 5.41) is 0. The molecule has 1 radical (unpaired) electrons. The molecule has 271 valence electrons. The summed E-state index contributed by atoms with van der Waals surface area (Å²) in [5.74, 6) is 4.65. The van der Waals surface area contributed by atoms with E-state index in [-0.39, 0.29) is 32.5 Å². The van der Waals surface area contributed by atoms with Crippen LogP contribution in [0.2, 0.25) is 0 Å². The van der Waals surface area contributed by atoms with E-state index >= 15 is 0 Å². The SMILES string of the molecule is CCCCCC(C(C)CC)(C(C)(C)C)C([C](CCC(C)C)C(C)(C)CC)(C(C)(CC)CCC)C(CCCC)(CC(C)C)C(C)C. The fraction of sp³-hybridized carbons (Fsp3) is 0.978. The Morgan fingerprint density at radius 3 is 1.49 bits per heavy atom. The maximum absolute atomic E-state index is 2.85. The smallest absolute Gasteiger partial charge is 0.00535 e. The summed E-state index contributed by atoms with van der Waals surface area (Å²) in [6, 6.07) is 0. The highest BCUT2D eigenvalue weighted by molar-refractivity contribution is 5.32. The second-order valence-corrected chi connectivity index (χ2v) is 19.1. The average molecular weight is 632 g/mol. The first kappa shape index (κ1) is 45.0. The van der Waals surface area contributed by atoms with Crippen LogP contribution in [0.25, 0.3) is 0 Å². The lowest BCUT2D eigenvalue weighted by Gasteiger charge is -2.78. The zero-order valence-corrected chi connectivity index (χ0v) is 35.4. The van der Waals surface area contributed by atoms with Gasteiger partial charge in [0.15, 0.2) is 0 Å². The minimum atomic E-state index is 0.0984. The van der Waals surface area contributed by atoms with Gasteiger partial charge in [0.05, 0.1) is 0 Å². The molecule has 0 aliphatic rings. The molecule has 0 N–H and O–H groups in total. The molecule has 0 aromatic heterocycles. The first-order valence-corrected chi connectivity index (χ1v) is 20.6. The van der Waals surface area contributed by atoms with Gasteiger partial charge in [-0.05, 0) is 94.2 Å². The molecule has 0 bridgehead atoms. The molecule has 0 spiro atoms. The predicted octanol–water partition coefficient (Wildman–Crippen LogP) is 16.2. The van der Waals surface area contributed by atoms with E-state index in [1.807, 2.05) is 5.92 Å². The number of rotatable bonds is 24. The van der Waals surface area contributed by atoms with Gasteiger partial charge >= 0.3 is 0 Å². The van der Waals surface area contributed by atoms with E-state index in [4.69, 9.17) is 0 Å². The summed E-state index contributed by atoms with van der Waals surface area (Å²) < 4.78 is 0. The number of hydrogen-bond acceptors (Lipinski definition) is 0. The van der Waals surface area contributed by atoms with E-state index in [1.165, 1.54) is 96.3 Å². The summed E-state index contributed by atoms with van der Waals surface area (Å²) in [6.45, 7) is 49.6. The van der Waals surface area contributed by atoms with E-state index in [9.17, 15) is 0 Å². The minimum Gasteiger partial charge on any atom is -0.0654 e. The fourth-order valence-corrected chi connectivity index (χ4v) is 11.5.